The average Bonchev–Trinajstić information content (AvgIpc) is 2.81. The summed E-state index contributed by atoms with van der Waals surface area (Å²) in [6.45, 7) is 4.48. The van der Waals surface area contributed by atoms with Gasteiger partial charge < -0.3 is 15.0 Å². The molecule has 1 saturated heterocycles. The number of carbonyl (C=O) groups is 1. The van der Waals surface area contributed by atoms with Crippen LogP contribution in [0.25, 0.3) is 11.0 Å². The number of carbonyl (C=O) groups excluding carboxylic acids is 1. The van der Waals surface area contributed by atoms with Crippen molar-refractivity contribution in [2.24, 2.45) is 5.92 Å². The van der Waals surface area contributed by atoms with E-state index in [2.05, 4.69) is 17.1 Å². The fourth-order valence-electron chi connectivity index (χ4n) is 3.83. The number of hydrogen-bond acceptors (Lipinski definition) is 5. The molecule has 162 valence electrons. The molecule has 3 aromatic rings. The van der Waals surface area contributed by atoms with Gasteiger partial charge in [0.2, 0.25) is 5.91 Å². The van der Waals surface area contributed by atoms with Crippen molar-refractivity contribution in [1.82, 2.24) is 15.3 Å². The zero-order chi connectivity index (χ0) is 21.6. The van der Waals surface area contributed by atoms with Gasteiger partial charge in [0.25, 0.3) is 5.88 Å². The van der Waals surface area contributed by atoms with Gasteiger partial charge in [-0.05, 0) is 43.0 Å². The first kappa shape index (κ1) is 21.4. The van der Waals surface area contributed by atoms with Crippen molar-refractivity contribution >= 4 is 34.4 Å². The number of para-hydroxylation sites is 2. The molecule has 0 unspecified atom stereocenters. The third-order valence-electron chi connectivity index (χ3n) is 5.47. The Morgan fingerprint density at radius 2 is 1.90 bits per heavy atom. The molecular weight excluding hydrogens is 412 g/mol. The molecule has 0 spiro atoms. The maximum absolute atomic E-state index is 12.9. The summed E-state index contributed by atoms with van der Waals surface area (Å²) in [6.07, 6.45) is 2.64. The fraction of sp³-hybridized carbons (Fsp3) is 0.375. The topological polar surface area (TPSA) is 67.4 Å². The normalized spacial score (nSPS) is 16.3. The van der Waals surface area contributed by atoms with Gasteiger partial charge in [0, 0.05) is 24.7 Å². The van der Waals surface area contributed by atoms with Gasteiger partial charge in [0.15, 0.2) is 5.82 Å². The molecule has 2 aromatic carbocycles. The van der Waals surface area contributed by atoms with Crippen molar-refractivity contribution in [2.45, 2.75) is 32.7 Å². The Labute approximate surface area is 187 Å². The maximum Gasteiger partial charge on any atom is 0.258 e. The lowest BCUT2D eigenvalue weighted by Crippen LogP contribution is -2.43. The van der Waals surface area contributed by atoms with Crippen LogP contribution in [0.3, 0.4) is 0 Å². The lowest BCUT2D eigenvalue weighted by atomic mass is 9.97. The largest absolute Gasteiger partial charge is 0.475 e. The zero-order valence-corrected chi connectivity index (χ0v) is 18.4. The number of piperidine rings is 1. The molecule has 31 heavy (non-hydrogen) atoms. The Morgan fingerprint density at radius 1 is 1.16 bits per heavy atom. The van der Waals surface area contributed by atoms with Crippen molar-refractivity contribution in [3.63, 3.8) is 0 Å². The Hall–Kier alpha value is -2.86. The van der Waals surface area contributed by atoms with E-state index in [9.17, 15) is 4.79 Å². The lowest BCUT2D eigenvalue weighted by Gasteiger charge is -2.33. The number of hydrogen-bond donors (Lipinski definition) is 1. The van der Waals surface area contributed by atoms with Gasteiger partial charge in [-0.2, -0.15) is 0 Å². The minimum Gasteiger partial charge on any atom is -0.475 e. The van der Waals surface area contributed by atoms with Crippen LogP contribution in [0.5, 0.6) is 5.88 Å². The summed E-state index contributed by atoms with van der Waals surface area (Å²) in [7, 11) is 0. The second-order valence-electron chi connectivity index (χ2n) is 7.78. The molecular formula is C24H27ClN4O2. The van der Waals surface area contributed by atoms with Crippen LogP contribution in [0.4, 0.5) is 5.82 Å². The molecule has 1 atom stereocenters. The van der Waals surface area contributed by atoms with E-state index in [4.69, 9.17) is 26.3 Å². The molecule has 1 aliphatic rings. The number of benzene rings is 2. The van der Waals surface area contributed by atoms with E-state index in [1.807, 2.05) is 48.5 Å². The Kier molecular flexibility index (Phi) is 6.87. The number of fused-ring (bicyclic) bond motifs is 1. The molecule has 1 N–H and O–H groups in total. The van der Waals surface area contributed by atoms with Crippen molar-refractivity contribution in [3.05, 3.63) is 59.1 Å². The van der Waals surface area contributed by atoms with E-state index >= 15 is 0 Å². The molecule has 1 fully saturated rings. The van der Waals surface area contributed by atoms with Gasteiger partial charge in [-0.25, -0.2) is 9.97 Å². The van der Waals surface area contributed by atoms with E-state index < -0.39 is 0 Å². The lowest BCUT2D eigenvalue weighted by molar-refractivity contribution is -0.125. The number of nitrogens with one attached hydrogen (secondary N) is 1. The first-order chi connectivity index (χ1) is 15.2. The third kappa shape index (κ3) is 5.07. The summed E-state index contributed by atoms with van der Waals surface area (Å²) in [5, 5.41) is 3.71. The minimum absolute atomic E-state index is 0.0365. The van der Waals surface area contributed by atoms with Crippen LogP contribution in [0.15, 0.2) is 48.5 Å². The van der Waals surface area contributed by atoms with Crippen molar-refractivity contribution in [3.8, 4) is 5.88 Å². The average molecular weight is 439 g/mol. The highest BCUT2D eigenvalue weighted by Crippen LogP contribution is 2.31. The molecule has 0 bridgehead atoms. The van der Waals surface area contributed by atoms with Crippen LogP contribution in [0.2, 0.25) is 5.02 Å². The van der Waals surface area contributed by atoms with Crippen LogP contribution in [-0.4, -0.2) is 35.6 Å². The van der Waals surface area contributed by atoms with Crippen LogP contribution in [-0.2, 0) is 11.3 Å². The van der Waals surface area contributed by atoms with Crippen LogP contribution >= 0.6 is 11.6 Å². The summed E-state index contributed by atoms with van der Waals surface area (Å²) in [5.74, 6) is 1.17. The fourth-order valence-corrected chi connectivity index (χ4v) is 4.03. The third-order valence-corrected chi connectivity index (χ3v) is 5.84. The number of nitrogens with zero attached hydrogens (tertiary/aromatic N) is 3. The van der Waals surface area contributed by atoms with Crippen molar-refractivity contribution in [1.29, 1.82) is 0 Å². The molecule has 7 heteroatoms. The molecule has 4 rings (SSSR count). The number of amides is 1. The Bertz CT molecular complexity index is 1060. The molecule has 2 heterocycles. The van der Waals surface area contributed by atoms with Crippen molar-refractivity contribution < 1.29 is 9.53 Å². The van der Waals surface area contributed by atoms with E-state index in [1.54, 1.807) is 0 Å². The highest BCUT2D eigenvalue weighted by Gasteiger charge is 2.29. The molecule has 0 saturated carbocycles. The summed E-state index contributed by atoms with van der Waals surface area (Å²) >= 11 is 6.21. The van der Waals surface area contributed by atoms with Gasteiger partial charge in [0.05, 0.1) is 23.6 Å². The molecule has 0 radical (unpaired) electrons. The number of halogens is 1. The molecule has 1 aliphatic heterocycles. The molecule has 6 nitrogen and oxygen atoms in total. The number of anilines is 1. The van der Waals surface area contributed by atoms with E-state index in [1.165, 1.54) is 0 Å². The van der Waals surface area contributed by atoms with Gasteiger partial charge >= 0.3 is 0 Å². The molecule has 0 aliphatic carbocycles. The summed E-state index contributed by atoms with van der Waals surface area (Å²) in [6, 6.07) is 15.4. The van der Waals surface area contributed by atoms with Gasteiger partial charge in [-0.3, -0.25) is 4.79 Å². The van der Waals surface area contributed by atoms with Crippen LogP contribution < -0.4 is 15.0 Å². The molecule has 1 aromatic heterocycles. The Balaban J connectivity index is 1.50. The summed E-state index contributed by atoms with van der Waals surface area (Å²) in [5.41, 5.74) is 2.55. The summed E-state index contributed by atoms with van der Waals surface area (Å²) in [4.78, 5) is 24.6. The predicted octanol–water partition coefficient (Wildman–Crippen LogP) is 4.60. The zero-order valence-electron chi connectivity index (χ0n) is 17.7. The maximum atomic E-state index is 12.9. The molecule has 1 amide bonds. The second kappa shape index (κ2) is 9.96. The number of ether oxygens (including phenoxy) is 1. The first-order valence-electron chi connectivity index (χ1n) is 10.8. The second-order valence-corrected chi connectivity index (χ2v) is 8.19. The quantitative estimate of drug-likeness (QED) is 0.583. The monoisotopic (exact) mass is 438 g/mol. The van der Waals surface area contributed by atoms with Crippen LogP contribution in [0.1, 0.15) is 31.7 Å². The standard InChI is InChI=1S/C24H27ClN4O2/c1-2-14-31-24-22(27-20-11-5-6-12-21(20)28-24)29-13-7-9-18(16-29)23(30)26-15-17-8-3-4-10-19(17)25/h3-6,8,10-12,18H,2,7,9,13-16H2,1H3,(H,26,30)/t18-/m1/s1. The SMILES string of the molecule is CCCOc1nc2ccccc2nc1N1CCC[C@@H](C(=O)NCc2ccccc2Cl)C1. The van der Waals surface area contributed by atoms with E-state index in [-0.39, 0.29) is 11.8 Å². The van der Waals surface area contributed by atoms with Gasteiger partial charge in [0.1, 0.15) is 0 Å². The first-order valence-corrected chi connectivity index (χ1v) is 11.2. The summed E-state index contributed by atoms with van der Waals surface area (Å²) < 4.78 is 5.93. The highest BCUT2D eigenvalue weighted by atomic mass is 35.5. The number of aromatic nitrogens is 2. The minimum atomic E-state index is -0.122. The predicted molar refractivity (Wildman–Crippen MR) is 124 cm³/mol. The van der Waals surface area contributed by atoms with Crippen LogP contribution in [0, 0.1) is 5.92 Å². The van der Waals surface area contributed by atoms with E-state index in [0.29, 0.717) is 30.6 Å². The Morgan fingerprint density at radius 3 is 2.68 bits per heavy atom. The number of rotatable bonds is 7. The van der Waals surface area contributed by atoms with E-state index in [0.717, 1.165) is 48.2 Å². The van der Waals surface area contributed by atoms with Gasteiger partial charge in [-0.15, -0.1) is 0 Å². The highest BCUT2D eigenvalue weighted by molar-refractivity contribution is 6.31. The van der Waals surface area contributed by atoms with Gasteiger partial charge in [-0.1, -0.05) is 48.9 Å². The van der Waals surface area contributed by atoms with Crippen molar-refractivity contribution in [2.75, 3.05) is 24.6 Å². The smallest absolute Gasteiger partial charge is 0.258 e.